The largest absolute Gasteiger partial charge is 0.458 e. The summed E-state index contributed by atoms with van der Waals surface area (Å²) in [7, 11) is 1.58. The van der Waals surface area contributed by atoms with Gasteiger partial charge in [0.15, 0.2) is 0 Å². The van der Waals surface area contributed by atoms with E-state index in [9.17, 15) is 14.4 Å². The summed E-state index contributed by atoms with van der Waals surface area (Å²) in [6, 6.07) is -1.26. The molecule has 9 heteroatoms. The predicted octanol–water partition coefficient (Wildman–Crippen LogP) is 4.70. The van der Waals surface area contributed by atoms with Gasteiger partial charge in [-0.2, -0.15) is 4.90 Å². The molecule has 2 amide bonds. The first-order valence-corrected chi connectivity index (χ1v) is 11.2. The third-order valence-corrected chi connectivity index (χ3v) is 4.17. The molecule has 0 heterocycles. The Morgan fingerprint density at radius 3 is 1.78 bits per heavy atom. The Morgan fingerprint density at radius 1 is 0.875 bits per heavy atom. The van der Waals surface area contributed by atoms with E-state index in [0.717, 1.165) is 12.8 Å². The number of carbonyl (C=O) groups is 3. The zero-order chi connectivity index (χ0) is 25.1. The smallest absolute Gasteiger partial charge is 0.420 e. The van der Waals surface area contributed by atoms with E-state index in [-0.39, 0.29) is 6.10 Å². The fourth-order valence-electron chi connectivity index (χ4n) is 2.54. The lowest BCUT2D eigenvalue weighted by Crippen LogP contribution is -2.52. The lowest BCUT2D eigenvalue weighted by atomic mass is 10.1. The van der Waals surface area contributed by atoms with Crippen molar-refractivity contribution in [2.75, 3.05) is 20.3 Å². The summed E-state index contributed by atoms with van der Waals surface area (Å²) >= 11 is 0. The molecule has 0 radical (unpaired) electrons. The number of ether oxygens (including phenoxy) is 5. The number of carbonyl (C=O) groups excluding carboxylic acids is 3. The quantitative estimate of drug-likeness (QED) is 0.248. The SMILES string of the molecule is CCCCO[C@H](CCOC)[C@H](C)OC(=O)[C@H](C)N(C(=O)OC(C)(C)C)C(=O)OC(C)(C)C. The van der Waals surface area contributed by atoms with Crippen LogP contribution in [0.5, 0.6) is 0 Å². The number of hydrogen-bond acceptors (Lipinski definition) is 8. The molecule has 0 spiro atoms. The summed E-state index contributed by atoms with van der Waals surface area (Å²) in [6.45, 7) is 16.1. The molecule has 0 unspecified atom stereocenters. The minimum Gasteiger partial charge on any atom is -0.458 e. The van der Waals surface area contributed by atoms with Gasteiger partial charge in [0.1, 0.15) is 23.3 Å². The molecule has 0 rings (SSSR count). The molecule has 0 aliphatic rings. The second kappa shape index (κ2) is 13.6. The van der Waals surface area contributed by atoms with Gasteiger partial charge in [0.25, 0.3) is 0 Å². The van der Waals surface area contributed by atoms with E-state index in [4.69, 9.17) is 23.7 Å². The predicted molar refractivity (Wildman–Crippen MR) is 120 cm³/mol. The average Bonchev–Trinajstić information content (AvgIpc) is 2.61. The van der Waals surface area contributed by atoms with E-state index in [1.54, 1.807) is 55.6 Å². The van der Waals surface area contributed by atoms with Crippen LogP contribution in [0.1, 0.15) is 81.6 Å². The van der Waals surface area contributed by atoms with Gasteiger partial charge in [-0.1, -0.05) is 13.3 Å². The minimum atomic E-state index is -1.26. The van der Waals surface area contributed by atoms with Crippen LogP contribution >= 0.6 is 0 Å². The Labute approximate surface area is 193 Å². The average molecular weight is 462 g/mol. The van der Waals surface area contributed by atoms with Crippen LogP contribution < -0.4 is 0 Å². The van der Waals surface area contributed by atoms with Crippen LogP contribution in [-0.2, 0) is 28.5 Å². The van der Waals surface area contributed by atoms with Crippen LogP contribution in [0.3, 0.4) is 0 Å². The normalized spacial score (nSPS) is 14.8. The second-order valence-electron chi connectivity index (χ2n) is 9.69. The van der Waals surface area contributed by atoms with Gasteiger partial charge in [0, 0.05) is 26.7 Å². The monoisotopic (exact) mass is 461 g/mol. The zero-order valence-electron chi connectivity index (χ0n) is 21.5. The molecule has 0 aliphatic heterocycles. The maximum absolute atomic E-state index is 12.9. The van der Waals surface area contributed by atoms with Crippen molar-refractivity contribution < 1.29 is 38.1 Å². The van der Waals surface area contributed by atoms with Gasteiger partial charge in [-0.3, -0.25) is 0 Å². The van der Waals surface area contributed by atoms with Crippen LogP contribution in [0.4, 0.5) is 9.59 Å². The van der Waals surface area contributed by atoms with Gasteiger partial charge < -0.3 is 23.7 Å². The van der Waals surface area contributed by atoms with Crippen molar-refractivity contribution in [3.63, 3.8) is 0 Å². The number of hydrogen-bond donors (Lipinski definition) is 0. The first-order chi connectivity index (χ1) is 14.6. The van der Waals surface area contributed by atoms with Gasteiger partial charge >= 0.3 is 18.2 Å². The van der Waals surface area contributed by atoms with Gasteiger partial charge in [0.05, 0.1) is 6.10 Å². The zero-order valence-corrected chi connectivity index (χ0v) is 21.5. The van der Waals surface area contributed by atoms with Crippen molar-refractivity contribution in [1.29, 1.82) is 0 Å². The molecule has 188 valence electrons. The van der Waals surface area contributed by atoms with Gasteiger partial charge in [-0.05, 0) is 61.8 Å². The van der Waals surface area contributed by atoms with E-state index < -0.39 is 41.5 Å². The van der Waals surface area contributed by atoms with Gasteiger partial charge in [-0.15, -0.1) is 0 Å². The second-order valence-corrected chi connectivity index (χ2v) is 9.69. The number of imide groups is 1. The number of unbranched alkanes of at least 4 members (excludes halogenated alkanes) is 1. The highest BCUT2D eigenvalue weighted by molar-refractivity contribution is 5.94. The topological polar surface area (TPSA) is 101 Å². The lowest BCUT2D eigenvalue weighted by Gasteiger charge is -2.32. The molecule has 0 bridgehead atoms. The van der Waals surface area contributed by atoms with E-state index in [2.05, 4.69) is 6.92 Å². The molecule has 0 saturated heterocycles. The Morgan fingerprint density at radius 2 is 1.38 bits per heavy atom. The summed E-state index contributed by atoms with van der Waals surface area (Å²) in [6.07, 6.45) is -0.581. The summed E-state index contributed by atoms with van der Waals surface area (Å²) < 4.78 is 27.2. The van der Waals surface area contributed by atoms with Crippen LogP contribution in [0.25, 0.3) is 0 Å². The molecule has 3 atom stereocenters. The summed E-state index contributed by atoms with van der Waals surface area (Å²) in [5.74, 6) is -0.768. The molecule has 0 aromatic carbocycles. The van der Waals surface area contributed by atoms with Crippen molar-refractivity contribution in [2.45, 2.75) is 111 Å². The van der Waals surface area contributed by atoms with Crippen LogP contribution in [0.15, 0.2) is 0 Å². The van der Waals surface area contributed by atoms with Crippen molar-refractivity contribution in [3.05, 3.63) is 0 Å². The highest BCUT2D eigenvalue weighted by Gasteiger charge is 2.39. The maximum Gasteiger partial charge on any atom is 0.420 e. The molecule has 0 aromatic heterocycles. The Balaban J connectivity index is 5.48. The van der Waals surface area contributed by atoms with E-state index in [1.807, 2.05) is 0 Å². The molecule has 0 N–H and O–H groups in total. The first kappa shape index (κ1) is 30.1. The number of methoxy groups -OCH3 is 1. The maximum atomic E-state index is 12.9. The minimum absolute atomic E-state index is 0.380. The Kier molecular flexibility index (Phi) is 12.8. The molecule has 0 fully saturated rings. The van der Waals surface area contributed by atoms with E-state index in [0.29, 0.717) is 24.5 Å². The molecule has 32 heavy (non-hydrogen) atoms. The summed E-state index contributed by atoms with van der Waals surface area (Å²) in [4.78, 5) is 39.0. The number of nitrogens with zero attached hydrogens (tertiary/aromatic N) is 1. The highest BCUT2D eigenvalue weighted by Crippen LogP contribution is 2.19. The third kappa shape index (κ3) is 12.2. The molecular formula is C23H43NO8. The van der Waals surface area contributed by atoms with Gasteiger partial charge in [0.2, 0.25) is 0 Å². The molecule has 0 saturated carbocycles. The van der Waals surface area contributed by atoms with Crippen molar-refractivity contribution in [3.8, 4) is 0 Å². The standard InChI is InChI=1S/C23H43NO8/c1-11-12-14-29-18(13-15-28-10)17(3)30-19(25)16(2)24(20(26)31-22(4,5)6)21(27)32-23(7,8)9/h16-18H,11-15H2,1-10H3/t16-,17-,18+/m0/s1. The molecular weight excluding hydrogens is 418 g/mol. The van der Waals surface area contributed by atoms with Crippen LogP contribution in [0, 0.1) is 0 Å². The Bertz CT molecular complexity index is 566. The van der Waals surface area contributed by atoms with Crippen molar-refractivity contribution >= 4 is 18.2 Å². The highest BCUT2D eigenvalue weighted by atomic mass is 16.6. The summed E-state index contributed by atoms with van der Waals surface area (Å²) in [5, 5.41) is 0. The molecule has 9 nitrogen and oxygen atoms in total. The third-order valence-electron chi connectivity index (χ3n) is 4.17. The van der Waals surface area contributed by atoms with Gasteiger partial charge in [-0.25, -0.2) is 14.4 Å². The summed E-state index contributed by atoms with van der Waals surface area (Å²) in [5.41, 5.74) is -1.74. The Hall–Kier alpha value is -1.87. The lowest BCUT2D eigenvalue weighted by molar-refractivity contribution is -0.162. The van der Waals surface area contributed by atoms with Crippen molar-refractivity contribution in [1.82, 2.24) is 4.90 Å². The number of amides is 2. The number of rotatable bonds is 11. The van der Waals surface area contributed by atoms with E-state index in [1.165, 1.54) is 6.92 Å². The fourth-order valence-corrected chi connectivity index (χ4v) is 2.54. The van der Waals surface area contributed by atoms with Crippen LogP contribution in [-0.4, -0.2) is 72.8 Å². The molecule has 0 aromatic rings. The number of esters is 1. The van der Waals surface area contributed by atoms with E-state index >= 15 is 0 Å². The molecule has 0 aliphatic carbocycles. The van der Waals surface area contributed by atoms with Crippen molar-refractivity contribution in [2.24, 2.45) is 0 Å². The fraction of sp³-hybridized carbons (Fsp3) is 0.870. The first-order valence-electron chi connectivity index (χ1n) is 11.2. The van der Waals surface area contributed by atoms with Crippen LogP contribution in [0.2, 0.25) is 0 Å².